The first-order chi connectivity index (χ1) is 11.2. The van der Waals surface area contributed by atoms with Gasteiger partial charge in [0.2, 0.25) is 5.78 Å². The van der Waals surface area contributed by atoms with Gasteiger partial charge in [0.05, 0.1) is 5.69 Å². The number of aromatic nitrogens is 1. The lowest BCUT2D eigenvalue weighted by atomic mass is 10.0. The number of halogens is 2. The van der Waals surface area contributed by atoms with Crippen LogP contribution in [0.4, 0.5) is 8.78 Å². The first-order valence-corrected chi connectivity index (χ1v) is 7.74. The van der Waals surface area contributed by atoms with E-state index in [9.17, 15) is 18.4 Å². The van der Waals surface area contributed by atoms with Crippen LogP contribution in [-0.4, -0.2) is 23.1 Å². The van der Waals surface area contributed by atoms with Crippen LogP contribution in [-0.2, 0) is 0 Å². The van der Waals surface area contributed by atoms with E-state index < -0.39 is 11.6 Å². The number of carbonyl (C=O) groups excluding carboxylic acids is 2. The Hall–Kier alpha value is -2.34. The molecule has 4 nitrogen and oxygen atoms in total. The van der Waals surface area contributed by atoms with E-state index >= 15 is 0 Å². The molecular weight excluding hydrogens is 314 g/mol. The number of benzene rings is 1. The van der Waals surface area contributed by atoms with Gasteiger partial charge < -0.3 is 10.3 Å². The number of aromatic amines is 1. The van der Waals surface area contributed by atoms with Crippen molar-refractivity contribution in [3.63, 3.8) is 0 Å². The van der Waals surface area contributed by atoms with Gasteiger partial charge >= 0.3 is 0 Å². The third kappa shape index (κ3) is 3.59. The van der Waals surface area contributed by atoms with Gasteiger partial charge in [-0.05, 0) is 51.5 Å². The normalized spacial score (nSPS) is 12.2. The maximum atomic E-state index is 13.3. The fourth-order valence-corrected chi connectivity index (χ4v) is 2.87. The summed E-state index contributed by atoms with van der Waals surface area (Å²) >= 11 is 0. The van der Waals surface area contributed by atoms with Gasteiger partial charge in [-0.25, -0.2) is 8.78 Å². The molecule has 0 fully saturated rings. The number of nitrogens with one attached hydrogen (secondary N) is 1. The number of aryl methyl sites for hydroxylation is 1. The third-order valence-corrected chi connectivity index (χ3v) is 4.19. The summed E-state index contributed by atoms with van der Waals surface area (Å²) in [6, 6.07) is 3.52. The number of Topliss-reactive ketones (excluding diaryl/α,β-unsaturated/α-hetero) is 2. The fraction of sp³-hybridized carbons (Fsp3) is 0.333. The standard InChI is InChI=1S/C18H20F2N2O2/c1-9-17(12(4)23)11(3)22-18(9)16(24)8-21-10(2)13-5-6-14(19)15(20)7-13/h5-7,10,21-22H,8H2,1-4H3/p+1/t10-/m1/s1. The maximum Gasteiger partial charge on any atom is 0.233 e. The van der Waals surface area contributed by atoms with E-state index in [1.165, 1.54) is 13.0 Å². The molecule has 2 rings (SSSR count). The van der Waals surface area contributed by atoms with Crippen molar-refractivity contribution in [2.75, 3.05) is 6.54 Å². The highest BCUT2D eigenvalue weighted by Crippen LogP contribution is 2.18. The van der Waals surface area contributed by atoms with Crippen LogP contribution in [0.5, 0.6) is 0 Å². The average Bonchev–Trinajstić information content (AvgIpc) is 2.82. The fourth-order valence-electron chi connectivity index (χ4n) is 2.87. The third-order valence-electron chi connectivity index (χ3n) is 4.19. The van der Waals surface area contributed by atoms with Crippen molar-refractivity contribution < 1.29 is 23.7 Å². The Morgan fingerprint density at radius 2 is 1.88 bits per heavy atom. The molecule has 6 heteroatoms. The molecule has 0 radical (unpaired) electrons. The topological polar surface area (TPSA) is 66.5 Å². The summed E-state index contributed by atoms with van der Waals surface area (Å²) in [4.78, 5) is 27.0. The van der Waals surface area contributed by atoms with Crippen LogP contribution < -0.4 is 5.32 Å². The summed E-state index contributed by atoms with van der Waals surface area (Å²) in [6.45, 7) is 6.92. The van der Waals surface area contributed by atoms with E-state index in [0.29, 0.717) is 28.1 Å². The van der Waals surface area contributed by atoms with Gasteiger partial charge in [-0.2, -0.15) is 0 Å². The van der Waals surface area contributed by atoms with E-state index in [1.54, 1.807) is 19.2 Å². The first kappa shape index (κ1) is 18.0. The minimum Gasteiger partial charge on any atom is -0.355 e. The predicted octanol–water partition coefficient (Wildman–Crippen LogP) is 2.62. The van der Waals surface area contributed by atoms with Gasteiger partial charge in [0.25, 0.3) is 0 Å². The molecule has 0 saturated heterocycles. The summed E-state index contributed by atoms with van der Waals surface area (Å²) in [6.07, 6.45) is 0. The highest BCUT2D eigenvalue weighted by atomic mass is 19.2. The molecular formula is C18H21F2N2O2+. The van der Waals surface area contributed by atoms with Gasteiger partial charge in [0.15, 0.2) is 17.4 Å². The lowest BCUT2D eigenvalue weighted by Crippen LogP contribution is -2.86. The molecule has 0 bridgehead atoms. The van der Waals surface area contributed by atoms with Gasteiger partial charge in [-0.1, -0.05) is 0 Å². The number of quaternary nitrogens is 1. The summed E-state index contributed by atoms with van der Waals surface area (Å²) in [7, 11) is 0. The Balaban J connectivity index is 2.09. The average molecular weight is 335 g/mol. The Morgan fingerprint density at radius 1 is 1.21 bits per heavy atom. The van der Waals surface area contributed by atoms with Crippen molar-refractivity contribution in [3.8, 4) is 0 Å². The summed E-state index contributed by atoms with van der Waals surface area (Å²) in [5.41, 5.74) is 2.90. The molecule has 0 saturated carbocycles. The van der Waals surface area contributed by atoms with Crippen molar-refractivity contribution in [2.24, 2.45) is 0 Å². The van der Waals surface area contributed by atoms with Crippen LogP contribution in [0, 0.1) is 25.5 Å². The van der Waals surface area contributed by atoms with Crippen molar-refractivity contribution in [3.05, 3.63) is 57.9 Å². The van der Waals surface area contributed by atoms with Crippen LogP contribution in [0.2, 0.25) is 0 Å². The summed E-state index contributed by atoms with van der Waals surface area (Å²) < 4.78 is 26.3. The van der Waals surface area contributed by atoms with Gasteiger partial charge in [0, 0.05) is 16.8 Å². The van der Waals surface area contributed by atoms with E-state index in [1.807, 2.05) is 6.92 Å². The van der Waals surface area contributed by atoms with Crippen LogP contribution in [0.15, 0.2) is 18.2 Å². The zero-order valence-electron chi connectivity index (χ0n) is 14.2. The van der Waals surface area contributed by atoms with Gasteiger partial charge in [-0.15, -0.1) is 0 Å². The van der Waals surface area contributed by atoms with E-state index in [-0.39, 0.29) is 24.2 Å². The first-order valence-electron chi connectivity index (χ1n) is 7.74. The molecule has 0 unspecified atom stereocenters. The Labute approximate surface area is 139 Å². The molecule has 2 aromatic rings. The number of H-pyrrole nitrogens is 1. The second-order valence-electron chi connectivity index (χ2n) is 6.01. The zero-order chi connectivity index (χ0) is 18.0. The Kier molecular flexibility index (Phi) is 5.29. The van der Waals surface area contributed by atoms with Crippen molar-refractivity contribution in [2.45, 2.75) is 33.7 Å². The lowest BCUT2D eigenvalue weighted by Gasteiger charge is -2.11. The largest absolute Gasteiger partial charge is 0.355 e. The number of nitrogens with two attached hydrogens (primary N) is 1. The van der Waals surface area contributed by atoms with E-state index in [0.717, 1.165) is 12.1 Å². The van der Waals surface area contributed by atoms with Crippen molar-refractivity contribution in [1.82, 2.24) is 4.98 Å². The molecule has 0 aliphatic rings. The van der Waals surface area contributed by atoms with E-state index in [4.69, 9.17) is 0 Å². The Morgan fingerprint density at radius 3 is 2.42 bits per heavy atom. The molecule has 1 atom stereocenters. The number of ketones is 2. The smallest absolute Gasteiger partial charge is 0.233 e. The van der Waals surface area contributed by atoms with Crippen LogP contribution >= 0.6 is 0 Å². The minimum atomic E-state index is -0.902. The van der Waals surface area contributed by atoms with Crippen LogP contribution in [0.3, 0.4) is 0 Å². The summed E-state index contributed by atoms with van der Waals surface area (Å²) in [5, 5.41) is 1.75. The second-order valence-corrected chi connectivity index (χ2v) is 6.01. The molecule has 0 spiro atoms. The molecule has 0 aliphatic heterocycles. The lowest BCUT2D eigenvalue weighted by molar-refractivity contribution is -0.681. The predicted molar refractivity (Wildman–Crippen MR) is 86.2 cm³/mol. The molecule has 1 heterocycles. The van der Waals surface area contributed by atoms with Crippen molar-refractivity contribution in [1.29, 1.82) is 0 Å². The molecule has 24 heavy (non-hydrogen) atoms. The van der Waals surface area contributed by atoms with Crippen molar-refractivity contribution >= 4 is 11.6 Å². The highest BCUT2D eigenvalue weighted by Gasteiger charge is 2.21. The maximum absolute atomic E-state index is 13.3. The second kappa shape index (κ2) is 7.05. The minimum absolute atomic E-state index is 0.0839. The van der Waals surface area contributed by atoms with E-state index in [2.05, 4.69) is 4.98 Å². The zero-order valence-corrected chi connectivity index (χ0v) is 14.2. The van der Waals surface area contributed by atoms with Gasteiger partial charge in [0.1, 0.15) is 12.6 Å². The SMILES string of the molecule is CC(=O)c1c(C)[nH]c(C(=O)C[NH2+][C@H](C)c2ccc(F)c(F)c2)c1C. The molecule has 128 valence electrons. The quantitative estimate of drug-likeness (QED) is 0.797. The Bertz CT molecular complexity index is 797. The molecule has 1 aromatic heterocycles. The molecule has 0 amide bonds. The monoisotopic (exact) mass is 335 g/mol. The number of rotatable bonds is 6. The molecule has 1 aromatic carbocycles. The number of carbonyl (C=O) groups is 2. The summed E-state index contributed by atoms with van der Waals surface area (Å²) in [5.74, 6) is -2.02. The van der Waals surface area contributed by atoms with Crippen LogP contribution in [0.25, 0.3) is 0 Å². The van der Waals surface area contributed by atoms with Gasteiger partial charge in [-0.3, -0.25) is 9.59 Å². The highest BCUT2D eigenvalue weighted by molar-refractivity contribution is 6.03. The number of hydrogen-bond acceptors (Lipinski definition) is 2. The van der Waals surface area contributed by atoms with Crippen LogP contribution in [0.1, 0.15) is 57.6 Å². The molecule has 0 aliphatic carbocycles. The molecule has 3 N–H and O–H groups in total. The number of hydrogen-bond donors (Lipinski definition) is 2.